The van der Waals surface area contributed by atoms with Crippen LogP contribution in [-0.2, 0) is 6.54 Å². The molecular weight excluding hydrogens is 250 g/mol. The molecule has 1 aromatic carbocycles. The first kappa shape index (κ1) is 13.3. The second-order valence-corrected chi connectivity index (χ2v) is 5.52. The van der Waals surface area contributed by atoms with E-state index < -0.39 is 0 Å². The highest BCUT2D eigenvalue weighted by atomic mass is 16.3. The van der Waals surface area contributed by atoms with Gasteiger partial charge >= 0.3 is 0 Å². The van der Waals surface area contributed by atoms with Crippen LogP contribution in [0.1, 0.15) is 17.7 Å². The fraction of sp³-hybridized carbons (Fsp3) is 0.438. The molecule has 2 aromatic rings. The number of oxazole rings is 1. The number of likely N-dealkylation sites (N-methyl/N-ethyl adjacent to an activating group) is 1. The van der Waals surface area contributed by atoms with Crippen molar-refractivity contribution in [3.8, 4) is 11.5 Å². The summed E-state index contributed by atoms with van der Waals surface area (Å²) in [6.45, 7) is 5.16. The lowest BCUT2D eigenvalue weighted by Crippen LogP contribution is -2.29. The third-order valence-electron chi connectivity index (χ3n) is 3.92. The van der Waals surface area contributed by atoms with Gasteiger partial charge in [0.05, 0.1) is 5.69 Å². The summed E-state index contributed by atoms with van der Waals surface area (Å²) in [5.41, 5.74) is 3.30. The quantitative estimate of drug-likeness (QED) is 0.927. The minimum atomic E-state index is 0.610. The van der Waals surface area contributed by atoms with Crippen molar-refractivity contribution in [1.82, 2.24) is 15.2 Å². The number of aromatic nitrogens is 1. The molecular formula is C16H21N3O. The third kappa shape index (κ3) is 2.92. The highest BCUT2D eigenvalue weighted by molar-refractivity contribution is 5.53. The summed E-state index contributed by atoms with van der Waals surface area (Å²) in [4.78, 5) is 7.01. The van der Waals surface area contributed by atoms with Crippen molar-refractivity contribution in [3.63, 3.8) is 0 Å². The number of rotatable bonds is 4. The van der Waals surface area contributed by atoms with Gasteiger partial charge in [-0.05, 0) is 32.5 Å². The standard InChI is InChI=1S/C16H21N3O/c1-12-3-5-13(6-4-12)16-18-15(11-20-16)10-19-8-7-14(9-19)17-2/h3-6,11,14,17H,7-10H2,1-2H3. The van der Waals surface area contributed by atoms with E-state index in [1.54, 1.807) is 6.26 Å². The van der Waals surface area contributed by atoms with E-state index in [1.807, 2.05) is 7.05 Å². The zero-order valence-electron chi connectivity index (χ0n) is 12.1. The van der Waals surface area contributed by atoms with Crippen LogP contribution in [0.4, 0.5) is 0 Å². The Morgan fingerprint density at radius 1 is 1.35 bits per heavy atom. The van der Waals surface area contributed by atoms with Crippen molar-refractivity contribution < 1.29 is 4.42 Å². The second kappa shape index (κ2) is 5.77. The molecule has 1 N–H and O–H groups in total. The third-order valence-corrected chi connectivity index (χ3v) is 3.92. The van der Waals surface area contributed by atoms with E-state index in [0.717, 1.165) is 30.9 Å². The molecule has 1 aromatic heterocycles. The van der Waals surface area contributed by atoms with Crippen LogP contribution in [0.15, 0.2) is 34.9 Å². The summed E-state index contributed by atoms with van der Waals surface area (Å²) < 4.78 is 5.60. The molecule has 0 aliphatic carbocycles. The molecule has 1 saturated heterocycles. The topological polar surface area (TPSA) is 41.3 Å². The lowest BCUT2D eigenvalue weighted by Gasteiger charge is -2.13. The Morgan fingerprint density at radius 3 is 2.85 bits per heavy atom. The second-order valence-electron chi connectivity index (χ2n) is 5.52. The average molecular weight is 271 g/mol. The van der Waals surface area contributed by atoms with Gasteiger partial charge in [-0.15, -0.1) is 0 Å². The maximum Gasteiger partial charge on any atom is 0.226 e. The van der Waals surface area contributed by atoms with Gasteiger partial charge in [-0.25, -0.2) is 4.98 Å². The lowest BCUT2D eigenvalue weighted by atomic mass is 10.1. The number of nitrogens with zero attached hydrogens (tertiary/aromatic N) is 2. The van der Waals surface area contributed by atoms with Crippen LogP contribution in [-0.4, -0.2) is 36.1 Å². The van der Waals surface area contributed by atoms with Gasteiger partial charge in [0, 0.05) is 31.2 Å². The number of benzene rings is 1. The number of hydrogen-bond acceptors (Lipinski definition) is 4. The van der Waals surface area contributed by atoms with E-state index in [-0.39, 0.29) is 0 Å². The van der Waals surface area contributed by atoms with Gasteiger partial charge < -0.3 is 9.73 Å². The summed E-state index contributed by atoms with van der Waals surface area (Å²) >= 11 is 0. The molecule has 1 fully saturated rings. The largest absolute Gasteiger partial charge is 0.444 e. The Bertz CT molecular complexity index is 561. The first-order valence-corrected chi connectivity index (χ1v) is 7.15. The molecule has 1 atom stereocenters. The van der Waals surface area contributed by atoms with Gasteiger partial charge in [-0.2, -0.15) is 0 Å². The van der Waals surface area contributed by atoms with E-state index in [9.17, 15) is 0 Å². The van der Waals surface area contributed by atoms with E-state index in [4.69, 9.17) is 4.42 Å². The molecule has 4 heteroatoms. The molecule has 0 radical (unpaired) electrons. The normalized spacial score (nSPS) is 19.6. The van der Waals surface area contributed by atoms with Crippen LogP contribution in [0.25, 0.3) is 11.5 Å². The highest BCUT2D eigenvalue weighted by Gasteiger charge is 2.21. The van der Waals surface area contributed by atoms with Gasteiger partial charge in [-0.1, -0.05) is 17.7 Å². The maximum atomic E-state index is 5.60. The number of nitrogens with one attached hydrogen (secondary N) is 1. The molecule has 106 valence electrons. The average Bonchev–Trinajstić information content (AvgIpc) is 3.09. The summed E-state index contributed by atoms with van der Waals surface area (Å²) in [6.07, 6.45) is 2.99. The molecule has 4 nitrogen and oxygen atoms in total. The fourth-order valence-electron chi connectivity index (χ4n) is 2.65. The Hall–Kier alpha value is -1.65. The molecule has 1 aliphatic rings. The first-order chi connectivity index (χ1) is 9.74. The van der Waals surface area contributed by atoms with Gasteiger partial charge in [-0.3, -0.25) is 4.90 Å². The van der Waals surface area contributed by atoms with Crippen molar-refractivity contribution in [2.24, 2.45) is 0 Å². The van der Waals surface area contributed by atoms with Crippen LogP contribution >= 0.6 is 0 Å². The predicted octanol–water partition coefficient (Wildman–Crippen LogP) is 2.44. The summed E-state index contributed by atoms with van der Waals surface area (Å²) in [5, 5.41) is 3.33. The van der Waals surface area contributed by atoms with Gasteiger partial charge in [0.2, 0.25) is 5.89 Å². The Balaban J connectivity index is 1.66. The zero-order valence-corrected chi connectivity index (χ0v) is 12.1. The molecule has 0 spiro atoms. The summed E-state index contributed by atoms with van der Waals surface area (Å²) in [5.74, 6) is 0.712. The molecule has 20 heavy (non-hydrogen) atoms. The Morgan fingerprint density at radius 2 is 2.15 bits per heavy atom. The van der Waals surface area contributed by atoms with Gasteiger partial charge in [0.15, 0.2) is 0 Å². The molecule has 2 heterocycles. The first-order valence-electron chi connectivity index (χ1n) is 7.15. The van der Waals surface area contributed by atoms with E-state index in [1.165, 1.54) is 12.0 Å². The van der Waals surface area contributed by atoms with E-state index >= 15 is 0 Å². The van der Waals surface area contributed by atoms with Gasteiger partial charge in [0.1, 0.15) is 6.26 Å². The SMILES string of the molecule is CNC1CCN(Cc2coc(-c3ccc(C)cc3)n2)C1. The van der Waals surface area contributed by atoms with Crippen molar-refractivity contribution in [1.29, 1.82) is 0 Å². The fourth-order valence-corrected chi connectivity index (χ4v) is 2.65. The highest BCUT2D eigenvalue weighted by Crippen LogP contribution is 2.20. The Labute approximate surface area is 119 Å². The van der Waals surface area contributed by atoms with Crippen LogP contribution in [0.3, 0.4) is 0 Å². The molecule has 1 aliphatic heterocycles. The van der Waals surface area contributed by atoms with Crippen LogP contribution in [0.2, 0.25) is 0 Å². The smallest absolute Gasteiger partial charge is 0.226 e. The van der Waals surface area contributed by atoms with Crippen LogP contribution in [0, 0.1) is 6.92 Å². The minimum absolute atomic E-state index is 0.610. The van der Waals surface area contributed by atoms with Crippen molar-refractivity contribution in [2.75, 3.05) is 20.1 Å². The van der Waals surface area contributed by atoms with Crippen LogP contribution < -0.4 is 5.32 Å². The number of aryl methyl sites for hydroxylation is 1. The minimum Gasteiger partial charge on any atom is -0.444 e. The van der Waals surface area contributed by atoms with Crippen molar-refractivity contribution in [2.45, 2.75) is 25.9 Å². The molecule has 0 saturated carbocycles. The Kier molecular flexibility index (Phi) is 3.85. The molecule has 1 unspecified atom stereocenters. The van der Waals surface area contributed by atoms with Gasteiger partial charge in [0.25, 0.3) is 0 Å². The number of hydrogen-bond donors (Lipinski definition) is 1. The molecule has 3 rings (SSSR count). The zero-order chi connectivity index (χ0) is 13.9. The van der Waals surface area contributed by atoms with E-state index in [2.05, 4.69) is 46.4 Å². The van der Waals surface area contributed by atoms with Crippen molar-refractivity contribution >= 4 is 0 Å². The van der Waals surface area contributed by atoms with Crippen LogP contribution in [0.5, 0.6) is 0 Å². The molecule has 0 amide bonds. The van der Waals surface area contributed by atoms with E-state index in [0.29, 0.717) is 11.9 Å². The number of likely N-dealkylation sites (tertiary alicyclic amines) is 1. The molecule has 0 bridgehead atoms. The lowest BCUT2D eigenvalue weighted by molar-refractivity contribution is 0.318. The maximum absolute atomic E-state index is 5.60. The predicted molar refractivity (Wildman–Crippen MR) is 79.4 cm³/mol. The van der Waals surface area contributed by atoms with Crippen molar-refractivity contribution in [3.05, 3.63) is 41.8 Å². The summed E-state index contributed by atoms with van der Waals surface area (Å²) in [7, 11) is 2.03. The summed E-state index contributed by atoms with van der Waals surface area (Å²) in [6, 6.07) is 8.88. The monoisotopic (exact) mass is 271 g/mol.